The van der Waals surface area contributed by atoms with E-state index >= 15 is 0 Å². The average molecular weight is 238 g/mol. The zero-order valence-corrected chi connectivity index (χ0v) is 8.06. The smallest absolute Gasteiger partial charge is 0.154 e. The number of benzene rings is 1. The monoisotopic (exact) mass is 236 g/mol. The summed E-state index contributed by atoms with van der Waals surface area (Å²) in [6, 6.07) is 1.33. The number of hydrogen-bond donors (Lipinski definition) is 1. The molecule has 0 fully saturated rings. The van der Waals surface area contributed by atoms with E-state index in [2.05, 4.69) is 0 Å². The second-order valence-electron chi connectivity index (χ2n) is 1.82. The van der Waals surface area contributed by atoms with E-state index in [0.717, 1.165) is 0 Å². The molecule has 0 aromatic heterocycles. The van der Waals surface area contributed by atoms with E-state index in [-0.39, 0.29) is 25.8 Å². The first-order chi connectivity index (χ1) is 5.04. The fraction of sp³-hybridized carbons (Fsp3) is 0. The third-order valence-corrected chi connectivity index (χ3v) is 2.63. The maximum absolute atomic E-state index is 9.10. The predicted molar refractivity (Wildman–Crippen MR) is 48.1 cm³/mol. The molecule has 0 atom stereocenters. The molecule has 1 aromatic carbocycles. The van der Waals surface area contributed by atoms with Gasteiger partial charge in [-0.05, 0) is 6.07 Å². The lowest BCUT2D eigenvalue weighted by molar-refractivity contribution is 0.476. The summed E-state index contributed by atoms with van der Waals surface area (Å²) in [6.07, 6.45) is 0. The number of hydrogen-bond acceptors (Lipinski definition) is 1. The molecule has 0 heterocycles. The van der Waals surface area contributed by atoms with Crippen LogP contribution in [0.25, 0.3) is 0 Å². The lowest BCUT2D eigenvalue weighted by Gasteiger charge is -2.02. The molecule has 5 heteroatoms. The van der Waals surface area contributed by atoms with E-state index in [1.54, 1.807) is 0 Å². The molecule has 0 spiro atoms. The normalized spacial score (nSPS) is 10.2. The predicted octanol–water partition coefficient (Wildman–Crippen LogP) is 4.01. The highest BCUT2D eigenvalue weighted by Gasteiger charge is 2.11. The molecular formula is C6H2Cl4O. The van der Waals surface area contributed by atoms with Gasteiger partial charge in [0, 0.05) is 0 Å². The van der Waals surface area contributed by atoms with E-state index in [4.69, 9.17) is 51.5 Å². The zero-order chi connectivity index (χ0) is 8.59. The fourth-order valence-corrected chi connectivity index (χ4v) is 1.46. The molecule has 1 N–H and O–H groups in total. The third kappa shape index (κ3) is 1.67. The van der Waals surface area contributed by atoms with Gasteiger partial charge >= 0.3 is 0 Å². The van der Waals surface area contributed by atoms with Gasteiger partial charge in [0.05, 0.1) is 15.1 Å². The molecule has 1 aromatic rings. The van der Waals surface area contributed by atoms with Crippen molar-refractivity contribution in [3.05, 3.63) is 26.2 Å². The van der Waals surface area contributed by atoms with Crippen LogP contribution < -0.4 is 0 Å². The molecule has 0 unspecified atom stereocenters. The number of phenolic OH excluding ortho intramolecular Hbond substituents is 1. The van der Waals surface area contributed by atoms with Gasteiger partial charge in [-0.2, -0.15) is 0 Å². The maximum Gasteiger partial charge on any atom is 0.154 e. The Morgan fingerprint density at radius 2 is 1.45 bits per heavy atom. The van der Waals surface area contributed by atoms with Crippen molar-refractivity contribution in [3.63, 3.8) is 0 Å². The van der Waals surface area contributed by atoms with Crippen LogP contribution in [0.5, 0.6) is 5.75 Å². The summed E-state index contributed by atoms with van der Waals surface area (Å²) < 4.78 is 0. The van der Waals surface area contributed by atoms with Crippen molar-refractivity contribution in [2.75, 3.05) is 0 Å². The van der Waals surface area contributed by atoms with Gasteiger partial charge in [-0.25, -0.2) is 0 Å². The van der Waals surface area contributed by atoms with Crippen molar-refractivity contribution in [2.24, 2.45) is 0 Å². The minimum absolute atomic E-state index is 0.0239. The molecule has 0 saturated carbocycles. The second kappa shape index (κ2) is 3.28. The van der Waals surface area contributed by atoms with Gasteiger partial charge in [0.25, 0.3) is 0 Å². The Hall–Kier alpha value is 0.180. The summed E-state index contributed by atoms with van der Waals surface area (Å²) in [5.41, 5.74) is 0. The van der Waals surface area contributed by atoms with Crippen molar-refractivity contribution < 1.29 is 5.11 Å². The van der Waals surface area contributed by atoms with E-state index in [1.165, 1.54) is 6.07 Å². The molecule has 0 saturated heterocycles. The lowest BCUT2D eigenvalue weighted by Crippen LogP contribution is -1.75. The molecule has 0 aliphatic carbocycles. The lowest BCUT2D eigenvalue weighted by atomic mass is 11.3. The van der Waals surface area contributed by atoms with Crippen LogP contribution in [0.3, 0.4) is 0 Å². The van der Waals surface area contributed by atoms with Crippen molar-refractivity contribution >= 4 is 46.4 Å². The molecule has 0 radical (unpaired) electrons. The van der Waals surface area contributed by atoms with Crippen LogP contribution in [0.4, 0.5) is 0 Å². The molecule has 0 aliphatic heterocycles. The highest BCUT2D eigenvalue weighted by Crippen LogP contribution is 2.41. The van der Waals surface area contributed by atoms with Gasteiger partial charge in [0.2, 0.25) is 0 Å². The Kier molecular flexibility index (Phi) is 2.76. The first-order valence-corrected chi connectivity index (χ1v) is 4.07. The standard InChI is InChI=1S/C6H2Cl4O/c7-2-1-3(8)6(11)5(10)4(2)9/h1,11H/i1+1,2+1,3+1,4+1,5+1,6+1. The van der Waals surface area contributed by atoms with Crippen LogP contribution in [0.1, 0.15) is 0 Å². The van der Waals surface area contributed by atoms with Crippen LogP contribution in [0, 0.1) is 0 Å². The van der Waals surface area contributed by atoms with Gasteiger partial charge in [0.15, 0.2) is 5.75 Å². The topological polar surface area (TPSA) is 20.2 Å². The van der Waals surface area contributed by atoms with Crippen LogP contribution >= 0.6 is 46.4 Å². The van der Waals surface area contributed by atoms with Crippen LogP contribution in [-0.2, 0) is 0 Å². The highest BCUT2D eigenvalue weighted by molar-refractivity contribution is 6.50. The van der Waals surface area contributed by atoms with Gasteiger partial charge in [-0.15, -0.1) is 0 Å². The Morgan fingerprint density at radius 1 is 0.909 bits per heavy atom. The summed E-state index contributed by atoms with van der Waals surface area (Å²) in [5, 5.41) is 9.50. The Morgan fingerprint density at radius 3 is 2.00 bits per heavy atom. The van der Waals surface area contributed by atoms with Gasteiger partial charge in [-0.1, -0.05) is 46.4 Å². The summed E-state index contributed by atoms with van der Waals surface area (Å²) in [7, 11) is 0. The SMILES string of the molecule is O[13c]1[13c](Cl)[13cH][13c](Cl)[13c](Cl)[13c]1Cl. The maximum atomic E-state index is 9.10. The van der Waals surface area contributed by atoms with E-state index in [0.29, 0.717) is 0 Å². The molecule has 0 bridgehead atoms. The van der Waals surface area contributed by atoms with E-state index < -0.39 is 0 Å². The minimum atomic E-state index is -0.247. The summed E-state index contributed by atoms with van der Waals surface area (Å²) in [6.45, 7) is 0. The molecule has 1 nitrogen and oxygen atoms in total. The number of phenols is 1. The molecule has 1 rings (SSSR count). The molecule has 11 heavy (non-hydrogen) atoms. The quantitative estimate of drug-likeness (QED) is 0.534. The Balaban J connectivity index is 3.46. The zero-order valence-electron chi connectivity index (χ0n) is 5.04. The molecule has 0 aliphatic rings. The van der Waals surface area contributed by atoms with Crippen molar-refractivity contribution in [1.29, 1.82) is 0 Å². The Labute approximate surface area is 83.4 Å². The van der Waals surface area contributed by atoms with Gasteiger partial charge < -0.3 is 5.11 Å². The minimum Gasteiger partial charge on any atom is -0.505 e. The molecule has 60 valence electrons. The highest BCUT2D eigenvalue weighted by atomic mass is 35.5. The second-order valence-corrected chi connectivity index (χ2v) is 3.39. The van der Waals surface area contributed by atoms with Crippen molar-refractivity contribution in [1.82, 2.24) is 0 Å². The number of aromatic hydroxyl groups is 1. The number of rotatable bonds is 0. The van der Waals surface area contributed by atoms with Crippen molar-refractivity contribution in [3.8, 4) is 5.75 Å². The fourth-order valence-electron chi connectivity index (χ4n) is 0.557. The van der Waals surface area contributed by atoms with Crippen LogP contribution in [0.2, 0.25) is 20.1 Å². The third-order valence-electron chi connectivity index (χ3n) is 1.09. The number of halogens is 4. The van der Waals surface area contributed by atoms with E-state index in [1.807, 2.05) is 0 Å². The first-order valence-electron chi connectivity index (χ1n) is 2.56. The van der Waals surface area contributed by atoms with E-state index in [9.17, 15) is 0 Å². The van der Waals surface area contributed by atoms with Crippen LogP contribution in [0.15, 0.2) is 6.07 Å². The van der Waals surface area contributed by atoms with Crippen molar-refractivity contribution in [2.45, 2.75) is 0 Å². The Bertz CT molecular complexity index is 271. The molecule has 0 amide bonds. The summed E-state index contributed by atoms with van der Waals surface area (Å²) in [5.74, 6) is -0.247. The summed E-state index contributed by atoms with van der Waals surface area (Å²) >= 11 is 22.2. The first kappa shape index (κ1) is 9.27. The summed E-state index contributed by atoms with van der Waals surface area (Å²) in [4.78, 5) is 0. The molecular weight excluding hydrogens is 236 g/mol. The van der Waals surface area contributed by atoms with Gasteiger partial charge in [-0.3, -0.25) is 0 Å². The van der Waals surface area contributed by atoms with Crippen LogP contribution in [-0.4, -0.2) is 5.11 Å². The largest absolute Gasteiger partial charge is 0.505 e. The van der Waals surface area contributed by atoms with Gasteiger partial charge in [0.1, 0.15) is 5.02 Å². The average Bonchev–Trinajstić information content (AvgIpc) is 1.97.